The van der Waals surface area contributed by atoms with Crippen LogP contribution in [-0.2, 0) is 0 Å². The Morgan fingerprint density at radius 1 is 1.43 bits per heavy atom. The molecule has 6 nitrogen and oxygen atoms in total. The van der Waals surface area contributed by atoms with Gasteiger partial charge in [-0.15, -0.1) is 11.3 Å². The number of carbonyl (C=O) groups excluding carboxylic acids is 1. The second-order valence-corrected chi connectivity index (χ2v) is 6.17. The van der Waals surface area contributed by atoms with Crippen molar-refractivity contribution < 1.29 is 9.53 Å². The van der Waals surface area contributed by atoms with Crippen molar-refractivity contribution in [2.45, 2.75) is 26.4 Å². The van der Waals surface area contributed by atoms with Crippen LogP contribution in [0, 0.1) is 13.8 Å². The van der Waals surface area contributed by atoms with Crippen molar-refractivity contribution in [1.82, 2.24) is 19.9 Å². The van der Waals surface area contributed by atoms with Gasteiger partial charge in [0.2, 0.25) is 5.88 Å². The number of aromatic nitrogens is 3. The average molecular weight is 304 g/mol. The zero-order valence-electron chi connectivity index (χ0n) is 11.9. The van der Waals surface area contributed by atoms with Gasteiger partial charge in [-0.25, -0.2) is 9.97 Å². The molecule has 1 aliphatic heterocycles. The molecule has 0 aliphatic carbocycles. The molecule has 1 aliphatic rings. The minimum Gasteiger partial charge on any atom is -0.471 e. The van der Waals surface area contributed by atoms with E-state index in [1.807, 2.05) is 18.7 Å². The Labute approximate surface area is 126 Å². The summed E-state index contributed by atoms with van der Waals surface area (Å²) >= 11 is 1.45. The minimum atomic E-state index is -0.0278. The minimum absolute atomic E-state index is 0.0278. The first-order valence-electron chi connectivity index (χ1n) is 6.79. The van der Waals surface area contributed by atoms with Crippen LogP contribution in [0.5, 0.6) is 5.88 Å². The highest BCUT2D eigenvalue weighted by Crippen LogP contribution is 2.23. The lowest BCUT2D eigenvalue weighted by Crippen LogP contribution is -2.30. The molecule has 0 aromatic carbocycles. The van der Waals surface area contributed by atoms with Crippen molar-refractivity contribution in [1.29, 1.82) is 0 Å². The number of hydrogen-bond acceptors (Lipinski definition) is 6. The molecular formula is C14H16N4O2S. The van der Waals surface area contributed by atoms with Crippen molar-refractivity contribution in [2.75, 3.05) is 13.1 Å². The Hall–Kier alpha value is -2.02. The Kier molecular flexibility index (Phi) is 3.83. The summed E-state index contributed by atoms with van der Waals surface area (Å²) < 4.78 is 5.75. The molecule has 2 aromatic rings. The van der Waals surface area contributed by atoms with Gasteiger partial charge in [0.25, 0.3) is 5.91 Å². The largest absolute Gasteiger partial charge is 0.471 e. The van der Waals surface area contributed by atoms with Gasteiger partial charge in [0.05, 0.1) is 23.4 Å². The zero-order valence-corrected chi connectivity index (χ0v) is 12.8. The van der Waals surface area contributed by atoms with Gasteiger partial charge in [-0.3, -0.25) is 9.78 Å². The van der Waals surface area contributed by atoms with Crippen LogP contribution in [0.15, 0.2) is 18.6 Å². The molecule has 3 rings (SSSR count). The highest BCUT2D eigenvalue weighted by molar-refractivity contribution is 7.13. The third kappa shape index (κ3) is 3.02. The Morgan fingerprint density at radius 3 is 2.95 bits per heavy atom. The molecule has 1 amide bonds. The Balaban J connectivity index is 1.64. The van der Waals surface area contributed by atoms with Crippen LogP contribution in [0.4, 0.5) is 0 Å². The van der Waals surface area contributed by atoms with Crippen molar-refractivity contribution in [3.63, 3.8) is 0 Å². The monoisotopic (exact) mass is 304 g/mol. The summed E-state index contributed by atoms with van der Waals surface area (Å²) in [6.07, 6.45) is 5.56. The van der Waals surface area contributed by atoms with E-state index in [2.05, 4.69) is 15.0 Å². The van der Waals surface area contributed by atoms with Crippen LogP contribution in [0.2, 0.25) is 0 Å². The number of carbonyl (C=O) groups is 1. The fourth-order valence-corrected chi connectivity index (χ4v) is 3.29. The number of aryl methyl sites for hydroxylation is 2. The van der Waals surface area contributed by atoms with Crippen LogP contribution in [-0.4, -0.2) is 45.0 Å². The number of ether oxygens (including phenoxy) is 1. The lowest BCUT2D eigenvalue weighted by molar-refractivity contribution is 0.0775. The van der Waals surface area contributed by atoms with Crippen LogP contribution in [0.1, 0.15) is 26.8 Å². The SMILES string of the molecule is Cc1nc(C)c(C(=O)N2CC[C@H](Oc3cnccn3)C2)s1. The summed E-state index contributed by atoms with van der Waals surface area (Å²) in [5.41, 5.74) is 0.806. The van der Waals surface area contributed by atoms with Gasteiger partial charge in [-0.1, -0.05) is 0 Å². The summed E-state index contributed by atoms with van der Waals surface area (Å²) in [7, 11) is 0. The maximum Gasteiger partial charge on any atom is 0.265 e. The van der Waals surface area contributed by atoms with Gasteiger partial charge in [-0.2, -0.15) is 0 Å². The molecule has 2 aromatic heterocycles. The molecule has 0 bridgehead atoms. The standard InChI is InChI=1S/C14H16N4O2S/c1-9-13(21-10(2)17-9)14(19)18-6-3-11(8-18)20-12-7-15-4-5-16-12/h4-5,7,11H,3,6,8H2,1-2H3/t11-/m0/s1. The van der Waals surface area contributed by atoms with Gasteiger partial charge >= 0.3 is 0 Å². The molecule has 1 saturated heterocycles. The number of amides is 1. The molecule has 110 valence electrons. The number of rotatable bonds is 3. The number of likely N-dealkylation sites (tertiary alicyclic amines) is 1. The average Bonchev–Trinajstić information content (AvgIpc) is 3.06. The molecule has 21 heavy (non-hydrogen) atoms. The summed E-state index contributed by atoms with van der Waals surface area (Å²) in [6, 6.07) is 0. The molecule has 1 fully saturated rings. The first-order valence-corrected chi connectivity index (χ1v) is 7.61. The van der Waals surface area contributed by atoms with E-state index < -0.39 is 0 Å². The van der Waals surface area contributed by atoms with E-state index in [0.29, 0.717) is 19.0 Å². The summed E-state index contributed by atoms with van der Waals surface area (Å²) in [5, 5.41) is 0.919. The zero-order chi connectivity index (χ0) is 14.8. The quantitative estimate of drug-likeness (QED) is 0.865. The molecule has 7 heteroatoms. The third-order valence-electron chi connectivity index (χ3n) is 3.36. The molecule has 0 spiro atoms. The van der Waals surface area contributed by atoms with E-state index in [1.165, 1.54) is 11.3 Å². The molecular weight excluding hydrogens is 288 g/mol. The van der Waals surface area contributed by atoms with Crippen LogP contribution >= 0.6 is 11.3 Å². The number of nitrogens with zero attached hydrogens (tertiary/aromatic N) is 4. The molecule has 1 atom stereocenters. The van der Waals surface area contributed by atoms with Crippen LogP contribution < -0.4 is 4.74 Å². The van der Waals surface area contributed by atoms with Crippen LogP contribution in [0.25, 0.3) is 0 Å². The van der Waals surface area contributed by atoms with Gasteiger partial charge in [0.15, 0.2) is 0 Å². The summed E-state index contributed by atoms with van der Waals surface area (Å²) in [5.74, 6) is 0.546. The van der Waals surface area contributed by atoms with E-state index in [-0.39, 0.29) is 12.0 Å². The number of thiazole rings is 1. The first kappa shape index (κ1) is 13.9. The molecule has 0 radical (unpaired) electrons. The molecule has 3 heterocycles. The highest BCUT2D eigenvalue weighted by Gasteiger charge is 2.30. The van der Waals surface area contributed by atoms with Crippen molar-refractivity contribution >= 4 is 17.2 Å². The lowest BCUT2D eigenvalue weighted by atomic mass is 10.3. The third-order valence-corrected chi connectivity index (χ3v) is 4.42. The predicted octanol–water partition coefficient (Wildman–Crippen LogP) is 1.84. The second kappa shape index (κ2) is 5.77. The second-order valence-electron chi connectivity index (χ2n) is 4.97. The Morgan fingerprint density at radius 2 is 2.29 bits per heavy atom. The van der Waals surface area contributed by atoms with Crippen LogP contribution in [0.3, 0.4) is 0 Å². The van der Waals surface area contributed by atoms with Gasteiger partial charge in [0.1, 0.15) is 11.0 Å². The lowest BCUT2D eigenvalue weighted by Gasteiger charge is -2.16. The van der Waals surface area contributed by atoms with Gasteiger partial charge in [0, 0.05) is 25.4 Å². The molecule has 0 saturated carbocycles. The highest BCUT2D eigenvalue weighted by atomic mass is 32.1. The van der Waals surface area contributed by atoms with Crippen molar-refractivity contribution in [2.24, 2.45) is 0 Å². The maximum atomic E-state index is 12.5. The smallest absolute Gasteiger partial charge is 0.265 e. The van der Waals surface area contributed by atoms with E-state index in [4.69, 9.17) is 4.74 Å². The summed E-state index contributed by atoms with van der Waals surface area (Å²) in [4.78, 5) is 27.4. The van der Waals surface area contributed by atoms with Gasteiger partial charge in [-0.05, 0) is 13.8 Å². The fourth-order valence-electron chi connectivity index (χ4n) is 2.40. The first-order chi connectivity index (χ1) is 10.1. The van der Waals surface area contributed by atoms with Crippen molar-refractivity contribution in [3.8, 4) is 5.88 Å². The predicted molar refractivity (Wildman–Crippen MR) is 78.6 cm³/mol. The Bertz CT molecular complexity index is 644. The molecule has 0 unspecified atom stereocenters. The van der Waals surface area contributed by atoms with E-state index in [9.17, 15) is 4.79 Å². The van der Waals surface area contributed by atoms with E-state index in [1.54, 1.807) is 18.6 Å². The normalized spacial score (nSPS) is 18.0. The topological polar surface area (TPSA) is 68.2 Å². The fraction of sp³-hybridized carbons (Fsp3) is 0.429. The van der Waals surface area contributed by atoms with E-state index in [0.717, 1.165) is 22.0 Å². The maximum absolute atomic E-state index is 12.5. The summed E-state index contributed by atoms with van der Waals surface area (Å²) in [6.45, 7) is 5.06. The van der Waals surface area contributed by atoms with Gasteiger partial charge < -0.3 is 9.64 Å². The van der Waals surface area contributed by atoms with Crippen molar-refractivity contribution in [3.05, 3.63) is 34.2 Å². The molecule has 0 N–H and O–H groups in total. The van der Waals surface area contributed by atoms with E-state index >= 15 is 0 Å². The number of hydrogen-bond donors (Lipinski definition) is 0.